The first-order valence-electron chi connectivity index (χ1n) is 9.91. The van der Waals surface area contributed by atoms with Crippen LogP contribution in [0.5, 0.6) is 0 Å². The molecule has 1 atom stereocenters. The van der Waals surface area contributed by atoms with Crippen molar-refractivity contribution in [2.24, 2.45) is 5.73 Å². The van der Waals surface area contributed by atoms with Crippen molar-refractivity contribution in [3.05, 3.63) is 68.5 Å². The van der Waals surface area contributed by atoms with Crippen LogP contribution >= 0.6 is 34.7 Å². The van der Waals surface area contributed by atoms with Crippen LogP contribution in [0.4, 0.5) is 5.69 Å². The maximum absolute atomic E-state index is 13.2. The molecule has 1 aromatic heterocycles. The van der Waals surface area contributed by atoms with Crippen molar-refractivity contribution in [3.63, 3.8) is 0 Å². The van der Waals surface area contributed by atoms with E-state index in [2.05, 4.69) is 13.0 Å². The van der Waals surface area contributed by atoms with E-state index in [1.165, 1.54) is 0 Å². The molecule has 4 nitrogen and oxygen atoms in total. The number of anilines is 1. The third kappa shape index (κ3) is 3.35. The van der Waals surface area contributed by atoms with Gasteiger partial charge in [0.15, 0.2) is 5.78 Å². The van der Waals surface area contributed by atoms with Gasteiger partial charge in [0.25, 0.3) is 0 Å². The molecule has 154 valence electrons. The Bertz CT molecular complexity index is 1130. The second-order valence-electron chi connectivity index (χ2n) is 7.30. The monoisotopic (exact) mass is 455 g/mol. The molecule has 0 saturated heterocycles. The van der Waals surface area contributed by atoms with Gasteiger partial charge < -0.3 is 5.73 Å². The molecule has 1 aliphatic carbocycles. The summed E-state index contributed by atoms with van der Waals surface area (Å²) in [5, 5.41) is 12.8. The van der Waals surface area contributed by atoms with E-state index in [0.29, 0.717) is 28.4 Å². The highest BCUT2D eigenvalue weighted by Gasteiger charge is 2.41. The van der Waals surface area contributed by atoms with Crippen LogP contribution in [0.3, 0.4) is 0 Å². The molecule has 4 rings (SSSR count). The van der Waals surface area contributed by atoms with E-state index in [-0.39, 0.29) is 5.78 Å². The standard InChI is InChI=1S/C23H22ClN3OS2/c1-3-29-23-14(10-11-30-23)20-15(12-25)22(26)27(17-7-4-6-16(24)13(17)2)18-8-5-9-19(28)21(18)20/h4,6-7,10-11,20H,3,5,8-9,26H2,1-2H3/t20-/m1/s1. The minimum atomic E-state index is -0.408. The van der Waals surface area contributed by atoms with Gasteiger partial charge in [0.1, 0.15) is 5.82 Å². The van der Waals surface area contributed by atoms with E-state index in [0.717, 1.165) is 45.3 Å². The number of nitrogens with two attached hydrogens (primary N) is 1. The summed E-state index contributed by atoms with van der Waals surface area (Å²) in [4.78, 5) is 15.1. The molecule has 1 aromatic carbocycles. The number of halogens is 1. The fourth-order valence-electron chi connectivity index (χ4n) is 4.28. The Hall–Kier alpha value is -2.20. The highest BCUT2D eigenvalue weighted by atomic mass is 35.5. The number of allylic oxidation sites excluding steroid dienone is 3. The van der Waals surface area contributed by atoms with Gasteiger partial charge in [-0.15, -0.1) is 23.1 Å². The number of nitriles is 1. The first-order chi connectivity index (χ1) is 14.5. The Kier molecular flexibility index (Phi) is 5.97. The number of carbonyl (C=O) groups is 1. The molecule has 0 unspecified atom stereocenters. The number of hydrogen-bond acceptors (Lipinski definition) is 6. The summed E-state index contributed by atoms with van der Waals surface area (Å²) >= 11 is 9.78. The number of benzene rings is 1. The molecule has 0 radical (unpaired) electrons. The van der Waals surface area contributed by atoms with Crippen molar-refractivity contribution in [1.82, 2.24) is 0 Å². The van der Waals surface area contributed by atoms with Crippen molar-refractivity contribution >= 4 is 46.2 Å². The van der Waals surface area contributed by atoms with Gasteiger partial charge in [0, 0.05) is 22.7 Å². The lowest BCUT2D eigenvalue weighted by Crippen LogP contribution is -2.39. The molecule has 0 saturated carbocycles. The molecule has 0 bridgehead atoms. The topological polar surface area (TPSA) is 70.1 Å². The first-order valence-corrected chi connectivity index (χ1v) is 12.1. The normalized spacial score (nSPS) is 19.2. The lowest BCUT2D eigenvalue weighted by atomic mass is 9.76. The quantitative estimate of drug-likeness (QED) is 0.561. The third-order valence-electron chi connectivity index (χ3n) is 5.64. The number of thiophene rings is 1. The van der Waals surface area contributed by atoms with Crippen molar-refractivity contribution in [2.75, 3.05) is 10.7 Å². The summed E-state index contributed by atoms with van der Waals surface area (Å²) in [5.74, 6) is 1.01. The largest absolute Gasteiger partial charge is 0.384 e. The van der Waals surface area contributed by atoms with Gasteiger partial charge in [-0.2, -0.15) is 5.26 Å². The van der Waals surface area contributed by atoms with Crippen molar-refractivity contribution in [1.29, 1.82) is 5.26 Å². The molecule has 1 aliphatic heterocycles. The molecule has 2 N–H and O–H groups in total. The average molecular weight is 456 g/mol. The van der Waals surface area contributed by atoms with Crippen molar-refractivity contribution in [2.45, 2.75) is 43.2 Å². The van der Waals surface area contributed by atoms with Crippen LogP contribution in [0.2, 0.25) is 5.02 Å². The van der Waals surface area contributed by atoms with Crippen LogP contribution in [-0.4, -0.2) is 11.5 Å². The molecular formula is C23H22ClN3OS2. The van der Waals surface area contributed by atoms with E-state index < -0.39 is 5.92 Å². The minimum Gasteiger partial charge on any atom is -0.384 e. The zero-order valence-electron chi connectivity index (χ0n) is 16.9. The Morgan fingerprint density at radius 1 is 1.37 bits per heavy atom. The predicted octanol–water partition coefficient (Wildman–Crippen LogP) is 6.13. The zero-order chi connectivity index (χ0) is 21.4. The van der Waals surface area contributed by atoms with Gasteiger partial charge in [-0.1, -0.05) is 24.6 Å². The van der Waals surface area contributed by atoms with Crippen LogP contribution in [0.25, 0.3) is 0 Å². The van der Waals surface area contributed by atoms with Gasteiger partial charge in [-0.25, -0.2) is 0 Å². The number of carbonyl (C=O) groups excluding carboxylic acids is 1. The van der Waals surface area contributed by atoms with Crippen LogP contribution in [-0.2, 0) is 4.79 Å². The molecule has 30 heavy (non-hydrogen) atoms. The molecule has 7 heteroatoms. The van der Waals surface area contributed by atoms with Gasteiger partial charge in [0.05, 0.1) is 27.5 Å². The van der Waals surface area contributed by atoms with E-state index in [1.807, 2.05) is 41.5 Å². The fraction of sp³-hybridized carbons (Fsp3) is 0.304. The molecule has 2 heterocycles. The molecule has 2 aromatic rings. The smallest absolute Gasteiger partial charge is 0.161 e. The highest BCUT2D eigenvalue weighted by molar-refractivity contribution is 8.01. The second-order valence-corrected chi connectivity index (χ2v) is 10.2. The summed E-state index contributed by atoms with van der Waals surface area (Å²) in [6.07, 6.45) is 2.01. The Morgan fingerprint density at radius 2 is 2.17 bits per heavy atom. The van der Waals surface area contributed by atoms with Crippen LogP contribution in [0.1, 0.15) is 43.2 Å². The summed E-state index contributed by atoms with van der Waals surface area (Å²) in [6.45, 7) is 4.04. The van der Waals surface area contributed by atoms with Gasteiger partial charge in [0.2, 0.25) is 0 Å². The molecule has 0 spiro atoms. The van der Waals surface area contributed by atoms with Crippen LogP contribution in [0.15, 0.2) is 56.5 Å². The maximum atomic E-state index is 13.2. The summed E-state index contributed by atoms with van der Waals surface area (Å²) in [6, 6.07) is 10.0. The molecule has 0 amide bonds. The van der Waals surface area contributed by atoms with E-state index in [1.54, 1.807) is 23.1 Å². The van der Waals surface area contributed by atoms with Gasteiger partial charge >= 0.3 is 0 Å². The minimum absolute atomic E-state index is 0.102. The number of hydrogen-bond donors (Lipinski definition) is 1. The number of ketones is 1. The molecule has 2 aliphatic rings. The fourth-order valence-corrected chi connectivity index (χ4v) is 6.52. The van der Waals surface area contributed by atoms with Gasteiger partial charge in [-0.05, 0) is 60.2 Å². The van der Waals surface area contributed by atoms with Crippen LogP contribution < -0.4 is 10.6 Å². The Morgan fingerprint density at radius 3 is 2.90 bits per heavy atom. The number of Topliss-reactive ketones (excluding diaryl/α,β-unsaturated/α-hetero) is 1. The second kappa shape index (κ2) is 8.50. The number of nitrogens with zero attached hydrogens (tertiary/aromatic N) is 2. The first kappa shape index (κ1) is 21.0. The summed E-state index contributed by atoms with van der Waals surface area (Å²) < 4.78 is 1.14. The SMILES string of the molecule is CCSc1sccc1[C@@H]1C(C#N)=C(N)N(c2cccc(Cl)c2C)C2=C1C(=O)CCC2. The maximum Gasteiger partial charge on any atom is 0.161 e. The predicted molar refractivity (Wildman–Crippen MR) is 125 cm³/mol. The van der Waals surface area contributed by atoms with Gasteiger partial charge in [-0.3, -0.25) is 9.69 Å². The lowest BCUT2D eigenvalue weighted by molar-refractivity contribution is -0.116. The third-order valence-corrected chi connectivity index (χ3v) is 8.20. The molecular weight excluding hydrogens is 434 g/mol. The van der Waals surface area contributed by atoms with E-state index in [9.17, 15) is 10.1 Å². The van der Waals surface area contributed by atoms with E-state index in [4.69, 9.17) is 17.3 Å². The Labute approximate surface area is 190 Å². The van der Waals surface area contributed by atoms with Crippen molar-refractivity contribution < 1.29 is 4.79 Å². The van der Waals surface area contributed by atoms with Crippen LogP contribution in [0, 0.1) is 18.3 Å². The number of rotatable bonds is 4. The Balaban J connectivity index is 1.99. The lowest BCUT2D eigenvalue weighted by Gasteiger charge is -2.40. The summed E-state index contributed by atoms with van der Waals surface area (Å²) in [5.41, 5.74) is 11.4. The summed E-state index contributed by atoms with van der Waals surface area (Å²) in [7, 11) is 0. The highest BCUT2D eigenvalue weighted by Crippen LogP contribution is 2.49. The van der Waals surface area contributed by atoms with E-state index >= 15 is 0 Å². The zero-order valence-corrected chi connectivity index (χ0v) is 19.3. The average Bonchev–Trinajstić information content (AvgIpc) is 3.18. The van der Waals surface area contributed by atoms with Crippen molar-refractivity contribution in [3.8, 4) is 6.07 Å². The molecule has 0 fully saturated rings. The number of thioether (sulfide) groups is 1.